The number of rotatable bonds is 9. The molecule has 0 aliphatic heterocycles. The number of furan rings is 2. The lowest BCUT2D eigenvalue weighted by Gasteiger charge is -2.08. The minimum absolute atomic E-state index is 0.00981. The Morgan fingerprint density at radius 3 is 2.34 bits per heavy atom. The van der Waals surface area contributed by atoms with Gasteiger partial charge in [-0.2, -0.15) is 0 Å². The number of hydrogen-bond donors (Lipinski definition) is 2. The van der Waals surface area contributed by atoms with Crippen LogP contribution in [0.3, 0.4) is 0 Å². The molecule has 0 radical (unpaired) electrons. The van der Waals surface area contributed by atoms with Gasteiger partial charge in [-0.15, -0.1) is 0 Å². The molecule has 5 aromatic rings. The molecule has 5 rings (SSSR count). The lowest BCUT2D eigenvalue weighted by Crippen LogP contribution is -2.17. The van der Waals surface area contributed by atoms with Crippen LogP contribution < -0.4 is 20.1 Å². The molecule has 0 saturated carbocycles. The summed E-state index contributed by atoms with van der Waals surface area (Å²) >= 11 is 0. The Labute approximate surface area is 219 Å². The summed E-state index contributed by atoms with van der Waals surface area (Å²) in [6.45, 7) is 4.42. The van der Waals surface area contributed by atoms with Crippen molar-refractivity contribution in [3.05, 3.63) is 83.8 Å². The van der Waals surface area contributed by atoms with Gasteiger partial charge in [0.05, 0.1) is 19.3 Å². The number of fused-ring (bicyclic) bond motifs is 2. The number of methoxy groups -OCH3 is 1. The van der Waals surface area contributed by atoms with Crippen LogP contribution in [-0.2, 0) is 0 Å². The number of benzene rings is 3. The van der Waals surface area contributed by atoms with Crippen LogP contribution in [0.4, 0.5) is 11.4 Å². The number of hydrogen-bond acceptors (Lipinski definition) is 6. The van der Waals surface area contributed by atoms with Crippen molar-refractivity contribution in [3.8, 4) is 11.5 Å². The van der Waals surface area contributed by atoms with Crippen LogP contribution in [0.1, 0.15) is 46.4 Å². The van der Waals surface area contributed by atoms with Gasteiger partial charge in [0.25, 0.3) is 11.8 Å². The fourth-order valence-electron chi connectivity index (χ4n) is 4.27. The molecule has 0 fully saturated rings. The Balaban J connectivity index is 1.48. The SMILES string of the molecule is CCCCOc1ccc2oc(C)c(C(=O)Nc3c(C(=O)Nc4ccc(OC)cc4)oc4ccccc34)c2c1. The molecule has 0 aliphatic carbocycles. The van der Waals surface area contributed by atoms with Crippen LogP contribution in [0.15, 0.2) is 75.6 Å². The zero-order valence-electron chi connectivity index (χ0n) is 21.4. The molecule has 194 valence electrons. The first-order valence-electron chi connectivity index (χ1n) is 12.4. The largest absolute Gasteiger partial charge is 0.497 e. The fraction of sp³-hybridized carbons (Fsp3) is 0.200. The zero-order chi connectivity index (χ0) is 26.6. The van der Waals surface area contributed by atoms with Gasteiger partial charge in [-0.25, -0.2) is 0 Å². The van der Waals surface area contributed by atoms with Gasteiger partial charge in [-0.05, 0) is 67.9 Å². The number of aryl methyl sites for hydroxylation is 1. The molecule has 8 heteroatoms. The molecule has 0 bridgehead atoms. The molecule has 8 nitrogen and oxygen atoms in total. The Hall–Kier alpha value is -4.72. The highest BCUT2D eigenvalue weighted by atomic mass is 16.5. The summed E-state index contributed by atoms with van der Waals surface area (Å²) in [6.07, 6.45) is 1.96. The van der Waals surface area contributed by atoms with Crippen LogP contribution in [0, 0.1) is 6.92 Å². The molecule has 2 amide bonds. The van der Waals surface area contributed by atoms with Crippen molar-refractivity contribution in [2.75, 3.05) is 24.4 Å². The minimum Gasteiger partial charge on any atom is -0.497 e. The number of nitrogens with one attached hydrogen (secondary N) is 2. The summed E-state index contributed by atoms with van der Waals surface area (Å²) < 4.78 is 22.8. The van der Waals surface area contributed by atoms with Crippen LogP contribution in [0.5, 0.6) is 11.5 Å². The monoisotopic (exact) mass is 512 g/mol. The third kappa shape index (κ3) is 4.93. The van der Waals surface area contributed by atoms with Gasteiger partial charge in [0.15, 0.2) is 0 Å². The van der Waals surface area contributed by atoms with Gasteiger partial charge >= 0.3 is 0 Å². The molecule has 0 unspecified atom stereocenters. The topological polar surface area (TPSA) is 103 Å². The minimum atomic E-state index is -0.498. The molecule has 0 atom stereocenters. The lowest BCUT2D eigenvalue weighted by atomic mass is 10.1. The maximum absolute atomic E-state index is 13.6. The van der Waals surface area contributed by atoms with Crippen LogP contribution in [0.25, 0.3) is 21.9 Å². The van der Waals surface area contributed by atoms with Crippen molar-refractivity contribution in [2.45, 2.75) is 26.7 Å². The average molecular weight is 513 g/mol. The first kappa shape index (κ1) is 25.0. The van der Waals surface area contributed by atoms with E-state index in [2.05, 4.69) is 17.6 Å². The quantitative estimate of drug-likeness (QED) is 0.203. The number of carbonyl (C=O) groups excluding carboxylic acids is 2. The third-order valence-corrected chi connectivity index (χ3v) is 6.22. The number of carbonyl (C=O) groups is 2. The van der Waals surface area contributed by atoms with E-state index < -0.39 is 11.8 Å². The highest BCUT2D eigenvalue weighted by Crippen LogP contribution is 2.34. The molecular weight excluding hydrogens is 484 g/mol. The van der Waals surface area contributed by atoms with Crippen LogP contribution >= 0.6 is 0 Å². The second kappa shape index (κ2) is 10.7. The highest BCUT2D eigenvalue weighted by Gasteiger charge is 2.26. The Kier molecular flexibility index (Phi) is 7.04. The number of amides is 2. The molecule has 2 N–H and O–H groups in total. The van der Waals surface area contributed by atoms with Gasteiger partial charge in [0.1, 0.15) is 34.1 Å². The number of anilines is 2. The van der Waals surface area contributed by atoms with Crippen molar-refractivity contribution in [1.82, 2.24) is 0 Å². The van der Waals surface area contributed by atoms with Crippen molar-refractivity contribution in [2.24, 2.45) is 0 Å². The van der Waals surface area contributed by atoms with Crippen molar-refractivity contribution < 1.29 is 27.9 Å². The van der Waals surface area contributed by atoms with E-state index in [1.165, 1.54) is 0 Å². The van der Waals surface area contributed by atoms with E-state index in [1.807, 2.05) is 12.1 Å². The zero-order valence-corrected chi connectivity index (χ0v) is 21.4. The van der Waals surface area contributed by atoms with Gasteiger partial charge in [-0.3, -0.25) is 9.59 Å². The molecule has 2 heterocycles. The first-order chi connectivity index (χ1) is 18.5. The van der Waals surface area contributed by atoms with E-state index >= 15 is 0 Å². The van der Waals surface area contributed by atoms with Crippen LogP contribution in [-0.4, -0.2) is 25.5 Å². The normalized spacial score (nSPS) is 11.0. The molecule has 38 heavy (non-hydrogen) atoms. The standard InChI is InChI=1S/C30H28N2O6/c1-4-5-16-36-21-14-15-25-23(17-21)26(18(2)37-25)29(33)32-27-22-8-6-7-9-24(22)38-28(27)30(34)31-19-10-12-20(35-3)13-11-19/h6-15,17H,4-5,16H2,1-3H3,(H,31,34)(H,32,33). The second-order valence-electron chi connectivity index (χ2n) is 8.83. The van der Waals surface area contributed by atoms with E-state index in [4.69, 9.17) is 18.3 Å². The molecule has 0 spiro atoms. The molecular formula is C30H28N2O6. The maximum atomic E-state index is 13.6. The smallest absolute Gasteiger partial charge is 0.293 e. The fourth-order valence-corrected chi connectivity index (χ4v) is 4.27. The molecule has 0 saturated heterocycles. The summed E-state index contributed by atoms with van der Waals surface area (Å²) in [5.74, 6) is 0.860. The maximum Gasteiger partial charge on any atom is 0.293 e. The van der Waals surface area contributed by atoms with E-state index in [-0.39, 0.29) is 11.4 Å². The predicted octanol–water partition coefficient (Wildman–Crippen LogP) is 7.18. The van der Waals surface area contributed by atoms with E-state index in [0.717, 1.165) is 12.8 Å². The van der Waals surface area contributed by atoms with Crippen molar-refractivity contribution in [3.63, 3.8) is 0 Å². The third-order valence-electron chi connectivity index (χ3n) is 6.22. The lowest BCUT2D eigenvalue weighted by molar-refractivity contribution is 0.0999. The first-order valence-corrected chi connectivity index (χ1v) is 12.4. The Morgan fingerprint density at radius 1 is 0.842 bits per heavy atom. The Morgan fingerprint density at radius 2 is 1.58 bits per heavy atom. The number of unbranched alkanes of at least 4 members (excludes halogenated alkanes) is 1. The van der Waals surface area contributed by atoms with Crippen molar-refractivity contribution >= 4 is 45.1 Å². The average Bonchev–Trinajstić information content (AvgIpc) is 3.46. The second-order valence-corrected chi connectivity index (χ2v) is 8.83. The van der Waals surface area contributed by atoms with Crippen LogP contribution in [0.2, 0.25) is 0 Å². The summed E-state index contributed by atoms with van der Waals surface area (Å²) in [5.41, 5.74) is 2.25. The van der Waals surface area contributed by atoms with Gasteiger partial charge in [0, 0.05) is 16.5 Å². The highest BCUT2D eigenvalue weighted by molar-refractivity contribution is 6.19. The summed E-state index contributed by atoms with van der Waals surface area (Å²) in [6, 6.07) is 19.5. The van der Waals surface area contributed by atoms with E-state index in [0.29, 0.717) is 57.1 Å². The summed E-state index contributed by atoms with van der Waals surface area (Å²) in [5, 5.41) is 6.97. The van der Waals surface area contributed by atoms with E-state index in [9.17, 15) is 9.59 Å². The summed E-state index contributed by atoms with van der Waals surface area (Å²) in [4.78, 5) is 26.9. The van der Waals surface area contributed by atoms with Gasteiger partial charge in [0.2, 0.25) is 5.76 Å². The molecule has 2 aromatic heterocycles. The Bertz CT molecular complexity index is 1610. The van der Waals surface area contributed by atoms with Gasteiger partial charge < -0.3 is 28.9 Å². The number of ether oxygens (including phenoxy) is 2. The van der Waals surface area contributed by atoms with E-state index in [1.54, 1.807) is 68.6 Å². The molecule has 0 aliphatic rings. The number of para-hydroxylation sites is 1. The van der Waals surface area contributed by atoms with Crippen molar-refractivity contribution in [1.29, 1.82) is 0 Å². The molecule has 3 aromatic carbocycles. The summed E-state index contributed by atoms with van der Waals surface area (Å²) in [7, 11) is 1.57. The predicted molar refractivity (Wildman–Crippen MR) is 146 cm³/mol. The van der Waals surface area contributed by atoms with Gasteiger partial charge in [-0.1, -0.05) is 25.5 Å².